The molecule has 3 N–H and O–H groups in total. The van der Waals surface area contributed by atoms with E-state index in [1.165, 1.54) is 17.7 Å². The number of amides is 2. The molecule has 0 unspecified atom stereocenters. The second kappa shape index (κ2) is 23.4. The number of hydrogen-bond acceptors (Lipinski definition) is 6. The first-order valence-electron chi connectivity index (χ1n) is 16.4. The largest absolute Gasteiger partial charge is 0.465 e. The predicted molar refractivity (Wildman–Crippen MR) is 188 cm³/mol. The summed E-state index contributed by atoms with van der Waals surface area (Å²) < 4.78 is 7.10. The highest BCUT2D eigenvalue weighted by Gasteiger charge is 2.38. The van der Waals surface area contributed by atoms with Crippen molar-refractivity contribution in [3.63, 3.8) is 0 Å². The Morgan fingerprint density at radius 3 is 2.12 bits per heavy atom. The van der Waals surface area contributed by atoms with Crippen LogP contribution in [0.5, 0.6) is 0 Å². The maximum Gasteiger partial charge on any atom is 0.407 e. The third-order valence-electron chi connectivity index (χ3n) is 7.37. The van der Waals surface area contributed by atoms with Gasteiger partial charge in [-0.15, -0.1) is 0 Å². The number of aromatic amines is 1. The monoisotopic (exact) mass is 663 g/mol. The van der Waals surface area contributed by atoms with Gasteiger partial charge >= 0.3 is 11.8 Å². The molecule has 0 saturated carbocycles. The minimum absolute atomic E-state index is 0.00773. The molecule has 1 aliphatic rings. The van der Waals surface area contributed by atoms with Crippen molar-refractivity contribution in [2.45, 2.75) is 90.0 Å². The molecule has 1 aliphatic heterocycles. The molecule has 0 spiro atoms. The molecule has 0 aromatic carbocycles. The van der Waals surface area contributed by atoms with Gasteiger partial charge in [0.15, 0.2) is 0 Å². The third kappa shape index (κ3) is 15.6. The van der Waals surface area contributed by atoms with E-state index < -0.39 is 35.7 Å². The number of carboxylic acid groups (broad SMARTS) is 1. The average molecular weight is 664 g/mol. The second-order valence-corrected chi connectivity index (χ2v) is 11.1. The number of carbonyl (C=O) groups excluding carboxylic acids is 1. The van der Waals surface area contributed by atoms with Crippen LogP contribution in [0, 0.1) is 6.92 Å². The van der Waals surface area contributed by atoms with Crippen molar-refractivity contribution in [2.24, 2.45) is 5.11 Å². The van der Waals surface area contributed by atoms with Crippen LogP contribution in [0.3, 0.4) is 0 Å². The van der Waals surface area contributed by atoms with Crippen LogP contribution in [-0.4, -0.2) is 63.3 Å². The van der Waals surface area contributed by atoms with E-state index in [1.54, 1.807) is 0 Å². The Kier molecular flexibility index (Phi) is 19.2. The second-order valence-electron chi connectivity index (χ2n) is 11.1. The Labute approximate surface area is 281 Å². The number of aromatic nitrogens is 2. The van der Waals surface area contributed by atoms with Gasteiger partial charge in [0, 0.05) is 42.6 Å². The minimum atomic E-state index is -1.23. The minimum Gasteiger partial charge on any atom is -0.465 e. The fourth-order valence-electron chi connectivity index (χ4n) is 4.79. The zero-order valence-electron chi connectivity index (χ0n) is 27.9. The van der Waals surface area contributed by atoms with Crippen molar-refractivity contribution in [1.29, 1.82) is 0 Å². The van der Waals surface area contributed by atoms with Gasteiger partial charge in [0.25, 0.3) is 5.56 Å². The van der Waals surface area contributed by atoms with Gasteiger partial charge in [-0.25, -0.2) is 9.59 Å². The topological polar surface area (TPSA) is 182 Å². The standard InChI is InChI=1S/C35H49N7O6/c1-3-4-5-6-7-8-9-10-11-12-13-14-15-16-17-18-19-20-21-22-31(43)37-23-24-41(35(46)47)27-30-29(39-40-36)25-32(48-30)42-26-28(2)33(44)38-34(42)45/h4-5,7-8,10-11,13-14,16-17,19-20,26,29-30,32H,3,6,9,12,15,18,21-25,27H2,1-2H3,(H,37,43)(H,46,47)(H,38,44,45)/t29-,30-,32-/m0/s1. The summed E-state index contributed by atoms with van der Waals surface area (Å²) in [5, 5.41) is 16.2. The highest BCUT2D eigenvalue weighted by molar-refractivity contribution is 5.76. The fraction of sp³-hybridized carbons (Fsp3) is 0.486. The molecule has 13 nitrogen and oxygen atoms in total. The number of nitrogens with one attached hydrogen (secondary N) is 2. The van der Waals surface area contributed by atoms with Crippen molar-refractivity contribution in [3.8, 4) is 0 Å². The number of allylic oxidation sites excluding steroid dienone is 12. The SMILES string of the molecule is CCC=CCC=CCC=CCC=CCC=CCC=CCCC(=O)NCCN(C[C@@H]1O[C@H](n2cc(C)c(=O)[nH]c2=O)C[C@@H]1N=[N+]=[N-])C(=O)O. The summed E-state index contributed by atoms with van der Waals surface area (Å²) in [6, 6.07) is -0.739. The molecule has 1 aromatic rings. The Balaban J connectivity index is 1.65. The molecule has 2 rings (SSSR count). The van der Waals surface area contributed by atoms with Crippen LogP contribution in [0.15, 0.2) is 93.8 Å². The molecule has 1 fully saturated rings. The van der Waals surface area contributed by atoms with E-state index in [-0.39, 0.29) is 38.4 Å². The van der Waals surface area contributed by atoms with Gasteiger partial charge in [-0.05, 0) is 57.4 Å². The quantitative estimate of drug-likeness (QED) is 0.0593. The lowest BCUT2D eigenvalue weighted by atomic mass is 10.1. The maximum absolute atomic E-state index is 12.3. The van der Waals surface area contributed by atoms with Crippen LogP contribution >= 0.6 is 0 Å². The lowest BCUT2D eigenvalue weighted by Gasteiger charge is -2.25. The normalized spacial score (nSPS) is 18.2. The predicted octanol–water partition coefficient (Wildman–Crippen LogP) is 6.39. The molecule has 260 valence electrons. The first-order valence-corrected chi connectivity index (χ1v) is 16.4. The summed E-state index contributed by atoms with van der Waals surface area (Å²) in [6.45, 7) is 3.62. The van der Waals surface area contributed by atoms with Crippen molar-refractivity contribution in [2.75, 3.05) is 19.6 Å². The van der Waals surface area contributed by atoms with Gasteiger partial charge < -0.3 is 20.1 Å². The fourth-order valence-corrected chi connectivity index (χ4v) is 4.79. The van der Waals surface area contributed by atoms with Gasteiger partial charge in [0.1, 0.15) is 6.23 Å². The smallest absolute Gasteiger partial charge is 0.407 e. The molecular weight excluding hydrogens is 614 g/mol. The lowest BCUT2D eigenvalue weighted by molar-refractivity contribution is -0.121. The number of aryl methyl sites for hydroxylation is 1. The third-order valence-corrected chi connectivity index (χ3v) is 7.37. The first kappa shape index (κ1) is 39.3. The van der Waals surface area contributed by atoms with Crippen molar-refractivity contribution >= 4 is 12.0 Å². The molecular formula is C35H49N7O6. The lowest BCUT2D eigenvalue weighted by Crippen LogP contribution is -2.43. The van der Waals surface area contributed by atoms with E-state index in [4.69, 9.17) is 10.3 Å². The van der Waals surface area contributed by atoms with E-state index in [0.29, 0.717) is 12.0 Å². The van der Waals surface area contributed by atoms with E-state index in [1.807, 2.05) is 12.2 Å². The number of nitrogens with zero attached hydrogens (tertiary/aromatic N) is 5. The number of carbonyl (C=O) groups is 2. The maximum atomic E-state index is 12.3. The molecule has 13 heteroatoms. The van der Waals surface area contributed by atoms with Crippen LogP contribution < -0.4 is 16.6 Å². The summed E-state index contributed by atoms with van der Waals surface area (Å²) in [5.74, 6) is -0.197. The van der Waals surface area contributed by atoms with Crippen molar-refractivity contribution in [3.05, 3.63) is 116 Å². The van der Waals surface area contributed by atoms with Gasteiger partial charge in [-0.1, -0.05) is 85.0 Å². The zero-order chi connectivity index (χ0) is 35.0. The summed E-state index contributed by atoms with van der Waals surface area (Å²) in [4.78, 5) is 54.3. The molecule has 48 heavy (non-hydrogen) atoms. The Bertz CT molecular complexity index is 1500. The van der Waals surface area contributed by atoms with E-state index in [2.05, 4.69) is 88.0 Å². The average Bonchev–Trinajstić information content (AvgIpc) is 3.45. The van der Waals surface area contributed by atoms with Gasteiger partial charge in [0.05, 0.1) is 18.7 Å². The van der Waals surface area contributed by atoms with E-state index in [9.17, 15) is 24.3 Å². The molecule has 1 aromatic heterocycles. The van der Waals surface area contributed by atoms with Crippen LogP contribution in [0.1, 0.15) is 76.5 Å². The molecule has 1 saturated heterocycles. The van der Waals surface area contributed by atoms with Gasteiger partial charge in [-0.2, -0.15) is 0 Å². The highest BCUT2D eigenvalue weighted by Crippen LogP contribution is 2.30. The van der Waals surface area contributed by atoms with Crippen molar-refractivity contribution in [1.82, 2.24) is 19.8 Å². The summed E-state index contributed by atoms with van der Waals surface area (Å²) in [5.41, 5.74) is 8.10. The number of ether oxygens (including phenoxy) is 1. The molecule has 0 bridgehead atoms. The summed E-state index contributed by atoms with van der Waals surface area (Å²) >= 11 is 0. The zero-order valence-corrected chi connectivity index (χ0v) is 27.9. The first-order chi connectivity index (χ1) is 23.3. The van der Waals surface area contributed by atoms with Crippen molar-refractivity contribution < 1.29 is 19.4 Å². The summed E-state index contributed by atoms with van der Waals surface area (Å²) in [7, 11) is 0. The molecule has 0 aliphatic carbocycles. The van der Waals surface area contributed by atoms with Crippen LogP contribution in [0.2, 0.25) is 0 Å². The number of hydrogen-bond donors (Lipinski definition) is 3. The molecule has 2 heterocycles. The number of azide groups is 1. The molecule has 2 amide bonds. The number of rotatable bonds is 21. The van der Waals surface area contributed by atoms with E-state index >= 15 is 0 Å². The summed E-state index contributed by atoms with van der Waals surface area (Å²) in [6.07, 6.45) is 30.5. The highest BCUT2D eigenvalue weighted by atomic mass is 16.5. The van der Waals surface area contributed by atoms with Crippen LogP contribution in [0.4, 0.5) is 4.79 Å². The Hall–Kier alpha value is -4.87. The van der Waals surface area contributed by atoms with Gasteiger partial charge in [-0.3, -0.25) is 19.1 Å². The molecule has 0 radical (unpaired) electrons. The van der Waals surface area contributed by atoms with Gasteiger partial charge in [0.2, 0.25) is 5.91 Å². The number of H-pyrrole nitrogens is 1. The molecule has 3 atom stereocenters. The van der Waals surface area contributed by atoms with Crippen LogP contribution in [0.25, 0.3) is 10.4 Å². The van der Waals surface area contributed by atoms with E-state index in [0.717, 1.165) is 43.4 Å². The Morgan fingerprint density at radius 1 is 1.02 bits per heavy atom. The Morgan fingerprint density at radius 2 is 1.58 bits per heavy atom. The van der Waals surface area contributed by atoms with Crippen LogP contribution in [-0.2, 0) is 9.53 Å².